The van der Waals surface area contributed by atoms with Crippen LogP contribution in [0.2, 0.25) is 0 Å². The Bertz CT molecular complexity index is 843. The second-order valence-corrected chi connectivity index (χ2v) is 17.3. The van der Waals surface area contributed by atoms with Gasteiger partial charge >= 0.3 is 17.9 Å². The van der Waals surface area contributed by atoms with E-state index in [0.29, 0.717) is 19.3 Å². The summed E-state index contributed by atoms with van der Waals surface area (Å²) >= 11 is 0. The van der Waals surface area contributed by atoms with Gasteiger partial charge in [-0.15, -0.1) is 0 Å². The molecule has 0 amide bonds. The molecule has 0 aromatic carbocycles. The third-order valence-electron chi connectivity index (χ3n) is 11.7. The molecule has 0 aliphatic rings. The molecule has 56 heavy (non-hydrogen) atoms. The number of esters is 3. The molecule has 0 saturated carbocycles. The van der Waals surface area contributed by atoms with Crippen molar-refractivity contribution in [1.29, 1.82) is 0 Å². The Morgan fingerprint density at radius 3 is 0.929 bits per heavy atom. The fourth-order valence-electron chi connectivity index (χ4n) is 7.48. The molecule has 1 unspecified atom stereocenters. The van der Waals surface area contributed by atoms with Gasteiger partial charge in [0.2, 0.25) is 0 Å². The van der Waals surface area contributed by atoms with E-state index in [-0.39, 0.29) is 31.1 Å². The number of carbonyl (C=O) groups is 3. The highest BCUT2D eigenvalue weighted by Gasteiger charge is 2.19. The zero-order chi connectivity index (χ0) is 41.0. The smallest absolute Gasteiger partial charge is 0.306 e. The SMILES string of the molecule is CCCCCCCCCCCCCCCC(=O)O[C@@H](COC(=O)CCCCCCCCC)COC(=O)CCCCCCCCCCCCCCCCC(C)CC. The van der Waals surface area contributed by atoms with Crippen LogP contribution in [0, 0.1) is 5.92 Å². The lowest BCUT2D eigenvalue weighted by atomic mass is 9.99. The molecule has 0 bridgehead atoms. The quantitative estimate of drug-likeness (QED) is 0.0347. The van der Waals surface area contributed by atoms with Crippen LogP contribution in [-0.4, -0.2) is 37.2 Å². The standard InChI is InChI=1S/C50H96O6/c1-5-8-10-12-14-15-16-19-24-27-31-35-39-43-50(53)56-47(44-54-48(51)41-37-33-28-13-11-9-6-2)45-55-49(52)42-38-34-30-26-23-21-18-17-20-22-25-29-32-36-40-46(4)7-3/h46-47H,5-45H2,1-4H3/t46?,47-/m0/s1. The molecular weight excluding hydrogens is 697 g/mol. The Labute approximate surface area is 348 Å². The first-order chi connectivity index (χ1) is 27.4. The number of carbonyl (C=O) groups excluding carboxylic acids is 3. The van der Waals surface area contributed by atoms with Gasteiger partial charge in [-0.25, -0.2) is 0 Å². The normalized spacial score (nSPS) is 12.4. The van der Waals surface area contributed by atoms with Crippen molar-refractivity contribution in [1.82, 2.24) is 0 Å². The average Bonchev–Trinajstić information content (AvgIpc) is 3.19. The second kappa shape index (κ2) is 44.5. The van der Waals surface area contributed by atoms with Crippen LogP contribution in [0.15, 0.2) is 0 Å². The van der Waals surface area contributed by atoms with Crippen LogP contribution in [0.5, 0.6) is 0 Å². The summed E-state index contributed by atoms with van der Waals surface area (Å²) in [5.74, 6) is 0.0419. The lowest BCUT2D eigenvalue weighted by molar-refractivity contribution is -0.167. The molecule has 0 fully saturated rings. The first-order valence-electron chi connectivity index (χ1n) is 24.9. The van der Waals surface area contributed by atoms with Crippen LogP contribution in [0.1, 0.15) is 278 Å². The number of hydrogen-bond acceptors (Lipinski definition) is 6. The highest BCUT2D eigenvalue weighted by Crippen LogP contribution is 2.17. The van der Waals surface area contributed by atoms with Gasteiger partial charge in [0.25, 0.3) is 0 Å². The minimum Gasteiger partial charge on any atom is -0.462 e. The van der Waals surface area contributed by atoms with E-state index in [0.717, 1.165) is 63.7 Å². The monoisotopic (exact) mass is 793 g/mol. The summed E-state index contributed by atoms with van der Waals surface area (Å²) in [6.45, 7) is 9.02. The van der Waals surface area contributed by atoms with Crippen molar-refractivity contribution in [2.45, 2.75) is 284 Å². The van der Waals surface area contributed by atoms with E-state index in [1.54, 1.807) is 0 Å². The zero-order valence-electron chi connectivity index (χ0n) is 38.1. The van der Waals surface area contributed by atoms with Crippen LogP contribution >= 0.6 is 0 Å². The fourth-order valence-corrected chi connectivity index (χ4v) is 7.48. The van der Waals surface area contributed by atoms with Gasteiger partial charge in [0, 0.05) is 19.3 Å². The molecule has 0 aromatic heterocycles. The Morgan fingerprint density at radius 1 is 0.357 bits per heavy atom. The van der Waals surface area contributed by atoms with E-state index in [2.05, 4.69) is 27.7 Å². The van der Waals surface area contributed by atoms with Crippen LogP contribution in [-0.2, 0) is 28.6 Å². The van der Waals surface area contributed by atoms with E-state index in [1.807, 2.05) is 0 Å². The summed E-state index contributed by atoms with van der Waals surface area (Å²) in [5, 5.41) is 0. The van der Waals surface area contributed by atoms with Gasteiger partial charge in [-0.05, 0) is 25.2 Å². The van der Waals surface area contributed by atoms with Gasteiger partial charge in [0.15, 0.2) is 6.10 Å². The van der Waals surface area contributed by atoms with Crippen molar-refractivity contribution in [2.24, 2.45) is 5.92 Å². The molecule has 0 rings (SSSR count). The third-order valence-corrected chi connectivity index (χ3v) is 11.7. The van der Waals surface area contributed by atoms with Gasteiger partial charge in [-0.2, -0.15) is 0 Å². The lowest BCUT2D eigenvalue weighted by Crippen LogP contribution is -2.30. The summed E-state index contributed by atoms with van der Waals surface area (Å²) in [4.78, 5) is 37.7. The number of rotatable bonds is 45. The lowest BCUT2D eigenvalue weighted by Gasteiger charge is -2.18. The largest absolute Gasteiger partial charge is 0.462 e. The molecule has 0 spiro atoms. The number of unbranched alkanes of at least 4 members (excludes halogenated alkanes) is 31. The summed E-state index contributed by atoms with van der Waals surface area (Å²) in [6, 6.07) is 0. The van der Waals surface area contributed by atoms with Crippen LogP contribution < -0.4 is 0 Å². The molecule has 6 nitrogen and oxygen atoms in total. The Morgan fingerprint density at radius 2 is 0.625 bits per heavy atom. The molecule has 6 heteroatoms. The van der Waals surface area contributed by atoms with Gasteiger partial charge in [0.05, 0.1) is 0 Å². The molecule has 2 atom stereocenters. The molecule has 0 radical (unpaired) electrons. The van der Waals surface area contributed by atoms with E-state index in [1.165, 1.54) is 173 Å². The minimum atomic E-state index is -0.758. The molecule has 0 saturated heterocycles. The maximum absolute atomic E-state index is 12.7. The first-order valence-corrected chi connectivity index (χ1v) is 24.9. The molecule has 0 aromatic rings. The molecule has 0 N–H and O–H groups in total. The molecule has 0 aliphatic carbocycles. The van der Waals surface area contributed by atoms with Crippen molar-refractivity contribution in [3.63, 3.8) is 0 Å². The van der Waals surface area contributed by atoms with Crippen molar-refractivity contribution in [3.8, 4) is 0 Å². The maximum Gasteiger partial charge on any atom is 0.306 e. The number of hydrogen-bond donors (Lipinski definition) is 0. The van der Waals surface area contributed by atoms with E-state index < -0.39 is 6.10 Å². The molecule has 0 aliphatic heterocycles. The average molecular weight is 793 g/mol. The zero-order valence-corrected chi connectivity index (χ0v) is 38.1. The van der Waals surface area contributed by atoms with E-state index in [9.17, 15) is 14.4 Å². The fraction of sp³-hybridized carbons (Fsp3) is 0.940. The molecule has 0 heterocycles. The number of ether oxygens (including phenoxy) is 3. The predicted octanol–water partition coefficient (Wildman–Crippen LogP) is 15.9. The second-order valence-electron chi connectivity index (χ2n) is 17.3. The summed E-state index contributed by atoms with van der Waals surface area (Å²) in [6.07, 6.45) is 45.2. The van der Waals surface area contributed by atoms with Gasteiger partial charge in [-0.1, -0.05) is 240 Å². The highest BCUT2D eigenvalue weighted by atomic mass is 16.6. The van der Waals surface area contributed by atoms with E-state index in [4.69, 9.17) is 14.2 Å². The van der Waals surface area contributed by atoms with Crippen LogP contribution in [0.25, 0.3) is 0 Å². The highest BCUT2D eigenvalue weighted by molar-refractivity contribution is 5.71. The summed E-state index contributed by atoms with van der Waals surface area (Å²) in [7, 11) is 0. The first kappa shape index (κ1) is 54.4. The Kier molecular flexibility index (Phi) is 43.2. The summed E-state index contributed by atoms with van der Waals surface area (Å²) in [5.41, 5.74) is 0. The molecular formula is C50H96O6. The minimum absolute atomic E-state index is 0.0634. The third kappa shape index (κ3) is 42.0. The van der Waals surface area contributed by atoms with Crippen molar-refractivity contribution < 1.29 is 28.6 Å². The molecule has 332 valence electrons. The van der Waals surface area contributed by atoms with Crippen LogP contribution in [0.4, 0.5) is 0 Å². The maximum atomic E-state index is 12.7. The predicted molar refractivity (Wildman–Crippen MR) is 238 cm³/mol. The van der Waals surface area contributed by atoms with Gasteiger partial charge in [-0.3, -0.25) is 14.4 Å². The van der Waals surface area contributed by atoms with E-state index >= 15 is 0 Å². The topological polar surface area (TPSA) is 78.9 Å². The summed E-state index contributed by atoms with van der Waals surface area (Å²) < 4.78 is 16.7. The van der Waals surface area contributed by atoms with Crippen molar-refractivity contribution in [3.05, 3.63) is 0 Å². The Balaban J connectivity index is 4.19. The van der Waals surface area contributed by atoms with Crippen molar-refractivity contribution in [2.75, 3.05) is 13.2 Å². The van der Waals surface area contributed by atoms with Gasteiger partial charge in [0.1, 0.15) is 13.2 Å². The Hall–Kier alpha value is -1.59. The van der Waals surface area contributed by atoms with Gasteiger partial charge < -0.3 is 14.2 Å². The van der Waals surface area contributed by atoms with Crippen molar-refractivity contribution >= 4 is 17.9 Å². The van der Waals surface area contributed by atoms with Crippen LogP contribution in [0.3, 0.4) is 0 Å².